The van der Waals surface area contributed by atoms with Crippen molar-refractivity contribution >= 4 is 22.8 Å². The zero-order chi connectivity index (χ0) is 13.2. The molecule has 2 aromatic heterocycles. The lowest BCUT2D eigenvalue weighted by Gasteiger charge is -2.08. The Labute approximate surface area is 111 Å². The Kier molecular flexibility index (Phi) is 2.79. The minimum absolute atomic E-state index is 0.754. The van der Waals surface area contributed by atoms with Gasteiger partial charge in [-0.05, 0) is 25.1 Å². The third-order valence-electron chi connectivity index (χ3n) is 3.03. The summed E-state index contributed by atoms with van der Waals surface area (Å²) in [5, 5.41) is 6.41. The van der Waals surface area contributed by atoms with Gasteiger partial charge in [0.15, 0.2) is 11.5 Å². The standard InChI is InChI=1S/C14H15N5/c1-10-9-17-14-13(16-6-7-19(10)14)18-12-5-3-4-11(8-12)15-2/h3-9,15H,1-2H3,(H,16,18). The topological polar surface area (TPSA) is 54.2 Å². The summed E-state index contributed by atoms with van der Waals surface area (Å²) >= 11 is 0. The molecule has 0 atom stereocenters. The van der Waals surface area contributed by atoms with Crippen molar-refractivity contribution in [3.8, 4) is 0 Å². The Morgan fingerprint density at radius 1 is 1.16 bits per heavy atom. The average Bonchev–Trinajstić information content (AvgIpc) is 2.82. The highest BCUT2D eigenvalue weighted by Gasteiger charge is 2.06. The predicted molar refractivity (Wildman–Crippen MR) is 77.0 cm³/mol. The molecule has 3 rings (SSSR count). The van der Waals surface area contributed by atoms with Crippen LogP contribution in [-0.4, -0.2) is 21.4 Å². The van der Waals surface area contributed by atoms with Crippen LogP contribution in [0.2, 0.25) is 0 Å². The molecule has 5 nitrogen and oxygen atoms in total. The van der Waals surface area contributed by atoms with E-state index in [1.165, 1.54) is 0 Å². The van der Waals surface area contributed by atoms with Crippen LogP contribution in [0.5, 0.6) is 0 Å². The summed E-state index contributed by atoms with van der Waals surface area (Å²) in [5.74, 6) is 0.754. The molecule has 19 heavy (non-hydrogen) atoms. The van der Waals surface area contributed by atoms with Crippen LogP contribution in [0.3, 0.4) is 0 Å². The van der Waals surface area contributed by atoms with Crippen LogP contribution in [0.25, 0.3) is 5.65 Å². The van der Waals surface area contributed by atoms with E-state index in [1.807, 2.05) is 55.0 Å². The molecule has 0 aliphatic carbocycles. The molecule has 0 aliphatic rings. The lowest BCUT2D eigenvalue weighted by Crippen LogP contribution is -1.99. The number of aromatic nitrogens is 3. The van der Waals surface area contributed by atoms with E-state index in [1.54, 1.807) is 6.20 Å². The molecular weight excluding hydrogens is 238 g/mol. The van der Waals surface area contributed by atoms with Crippen LogP contribution in [0, 0.1) is 6.92 Å². The minimum Gasteiger partial charge on any atom is -0.388 e. The van der Waals surface area contributed by atoms with E-state index in [0.29, 0.717) is 0 Å². The van der Waals surface area contributed by atoms with Crippen LogP contribution in [0.1, 0.15) is 5.69 Å². The molecule has 0 radical (unpaired) electrons. The maximum absolute atomic E-state index is 4.38. The van der Waals surface area contributed by atoms with Crippen molar-refractivity contribution in [3.63, 3.8) is 0 Å². The second kappa shape index (κ2) is 4.61. The number of nitrogens with zero attached hydrogens (tertiary/aromatic N) is 3. The van der Waals surface area contributed by atoms with E-state index in [9.17, 15) is 0 Å². The molecule has 0 unspecified atom stereocenters. The van der Waals surface area contributed by atoms with E-state index in [2.05, 4.69) is 20.6 Å². The first-order valence-corrected chi connectivity index (χ1v) is 6.11. The second-order valence-corrected chi connectivity index (χ2v) is 4.32. The van der Waals surface area contributed by atoms with Crippen molar-refractivity contribution in [2.75, 3.05) is 17.7 Å². The van der Waals surface area contributed by atoms with Crippen LogP contribution >= 0.6 is 0 Å². The van der Waals surface area contributed by atoms with Gasteiger partial charge in [-0.25, -0.2) is 9.97 Å². The lowest BCUT2D eigenvalue weighted by atomic mass is 10.3. The van der Waals surface area contributed by atoms with Gasteiger partial charge in [0, 0.05) is 42.7 Å². The molecular formula is C14H15N5. The van der Waals surface area contributed by atoms with Gasteiger partial charge in [-0.1, -0.05) is 6.07 Å². The van der Waals surface area contributed by atoms with E-state index in [-0.39, 0.29) is 0 Å². The third kappa shape index (κ3) is 2.10. The number of benzene rings is 1. The molecule has 96 valence electrons. The van der Waals surface area contributed by atoms with Gasteiger partial charge in [-0.2, -0.15) is 0 Å². The summed E-state index contributed by atoms with van der Waals surface area (Å²) in [6.07, 6.45) is 5.52. The van der Waals surface area contributed by atoms with Crippen LogP contribution in [0.4, 0.5) is 17.2 Å². The van der Waals surface area contributed by atoms with E-state index in [0.717, 1.165) is 28.5 Å². The zero-order valence-corrected chi connectivity index (χ0v) is 10.9. The smallest absolute Gasteiger partial charge is 0.180 e. The summed E-state index contributed by atoms with van der Waals surface area (Å²) < 4.78 is 2.01. The van der Waals surface area contributed by atoms with Gasteiger partial charge in [-0.3, -0.25) is 4.40 Å². The average molecular weight is 253 g/mol. The number of fused-ring (bicyclic) bond motifs is 1. The van der Waals surface area contributed by atoms with Crippen LogP contribution in [0.15, 0.2) is 42.9 Å². The summed E-state index contributed by atoms with van der Waals surface area (Å²) in [7, 11) is 1.90. The molecule has 2 N–H and O–H groups in total. The first kappa shape index (κ1) is 11.5. The molecule has 0 saturated heterocycles. The molecule has 2 heterocycles. The minimum atomic E-state index is 0.754. The molecule has 0 saturated carbocycles. The fourth-order valence-corrected chi connectivity index (χ4v) is 2.02. The summed E-state index contributed by atoms with van der Waals surface area (Å²) in [6, 6.07) is 8.03. The fourth-order valence-electron chi connectivity index (χ4n) is 2.02. The molecule has 0 amide bonds. The molecule has 0 spiro atoms. The first-order valence-electron chi connectivity index (χ1n) is 6.11. The Morgan fingerprint density at radius 3 is 2.84 bits per heavy atom. The number of rotatable bonds is 3. The van der Waals surface area contributed by atoms with Crippen molar-refractivity contribution < 1.29 is 0 Å². The highest BCUT2D eigenvalue weighted by atomic mass is 15.1. The second-order valence-electron chi connectivity index (χ2n) is 4.32. The van der Waals surface area contributed by atoms with Gasteiger partial charge in [0.05, 0.1) is 0 Å². The third-order valence-corrected chi connectivity index (χ3v) is 3.03. The van der Waals surface area contributed by atoms with Gasteiger partial charge in [0.2, 0.25) is 0 Å². The number of aryl methyl sites for hydroxylation is 1. The van der Waals surface area contributed by atoms with Crippen LogP contribution < -0.4 is 10.6 Å². The fraction of sp³-hybridized carbons (Fsp3) is 0.143. The van der Waals surface area contributed by atoms with Crippen molar-refractivity contribution in [1.29, 1.82) is 0 Å². The number of hydrogen-bond acceptors (Lipinski definition) is 4. The number of anilines is 3. The Morgan fingerprint density at radius 2 is 2.00 bits per heavy atom. The predicted octanol–water partition coefficient (Wildman–Crippen LogP) is 2.82. The summed E-state index contributed by atoms with van der Waals surface area (Å²) in [4.78, 5) is 8.74. The maximum atomic E-state index is 4.38. The normalized spacial score (nSPS) is 10.6. The zero-order valence-electron chi connectivity index (χ0n) is 10.9. The quantitative estimate of drug-likeness (QED) is 0.753. The molecule has 0 aliphatic heterocycles. The van der Waals surface area contributed by atoms with E-state index in [4.69, 9.17) is 0 Å². The number of hydrogen-bond donors (Lipinski definition) is 2. The molecule has 3 aromatic rings. The number of nitrogens with one attached hydrogen (secondary N) is 2. The van der Waals surface area contributed by atoms with Gasteiger partial charge in [0.1, 0.15) is 0 Å². The van der Waals surface area contributed by atoms with Crippen molar-refractivity contribution in [2.24, 2.45) is 0 Å². The van der Waals surface area contributed by atoms with Gasteiger partial charge in [-0.15, -0.1) is 0 Å². The molecule has 5 heteroatoms. The monoisotopic (exact) mass is 253 g/mol. The van der Waals surface area contributed by atoms with Crippen molar-refractivity contribution in [1.82, 2.24) is 14.4 Å². The largest absolute Gasteiger partial charge is 0.388 e. The summed E-state index contributed by atoms with van der Waals surface area (Å²) in [5.41, 5.74) is 3.95. The summed E-state index contributed by atoms with van der Waals surface area (Å²) in [6.45, 7) is 2.02. The Hall–Kier alpha value is -2.56. The Balaban J connectivity index is 2.00. The highest BCUT2D eigenvalue weighted by molar-refractivity contribution is 5.71. The highest BCUT2D eigenvalue weighted by Crippen LogP contribution is 2.21. The van der Waals surface area contributed by atoms with Gasteiger partial charge in [0.25, 0.3) is 0 Å². The molecule has 1 aromatic carbocycles. The van der Waals surface area contributed by atoms with Crippen LogP contribution in [-0.2, 0) is 0 Å². The lowest BCUT2D eigenvalue weighted by molar-refractivity contribution is 1.08. The van der Waals surface area contributed by atoms with E-state index >= 15 is 0 Å². The molecule has 0 bridgehead atoms. The van der Waals surface area contributed by atoms with Crippen molar-refractivity contribution in [2.45, 2.75) is 6.92 Å². The van der Waals surface area contributed by atoms with Crippen molar-refractivity contribution in [3.05, 3.63) is 48.5 Å². The van der Waals surface area contributed by atoms with Gasteiger partial charge >= 0.3 is 0 Å². The maximum Gasteiger partial charge on any atom is 0.180 e. The SMILES string of the molecule is CNc1cccc(Nc2nccn3c(C)cnc23)c1. The first-order chi connectivity index (χ1) is 9.28. The number of imidazole rings is 1. The van der Waals surface area contributed by atoms with Gasteiger partial charge < -0.3 is 10.6 Å². The van der Waals surface area contributed by atoms with E-state index < -0.39 is 0 Å². The molecule has 0 fully saturated rings. The Bertz CT molecular complexity index is 717.